The molecule has 4 aromatic rings. The second kappa shape index (κ2) is 16.4. The van der Waals surface area contributed by atoms with E-state index in [0.29, 0.717) is 24.2 Å². The molecular formula is C40H43N3O8. The largest absolute Gasteiger partial charge is 0.445 e. The number of rotatable bonds is 12. The van der Waals surface area contributed by atoms with E-state index in [1.54, 1.807) is 18.2 Å². The third-order valence-electron chi connectivity index (χ3n) is 9.45. The first-order valence-electron chi connectivity index (χ1n) is 17.1. The van der Waals surface area contributed by atoms with Crippen LogP contribution in [0.1, 0.15) is 66.1 Å². The standard InChI is InChI=1S/C40H43N3O8/c1-26(37(46)30-12-7-4-8-13-30)42(2)23-33-21-35(29-18-16-27(24-44)17-19-29)51-39(50-33)31-14-9-15-32(20-31)43-36(45)22-34(38(43)47)41-40(48)49-25-28-10-5-3-6-11-28/h3-20,26,33-35,37,39,44,46H,21-25H2,1-2H3,(H,41,48)/t26-,33+,34?,35-,37-,39-/m0/s1. The van der Waals surface area contributed by atoms with E-state index in [1.807, 2.05) is 105 Å². The first kappa shape index (κ1) is 35.9. The van der Waals surface area contributed by atoms with Gasteiger partial charge in [0.25, 0.3) is 5.91 Å². The van der Waals surface area contributed by atoms with Gasteiger partial charge in [-0.3, -0.25) is 14.5 Å². The Balaban J connectivity index is 1.17. The molecule has 6 rings (SSSR count). The van der Waals surface area contributed by atoms with Gasteiger partial charge in [-0.2, -0.15) is 0 Å². The maximum Gasteiger partial charge on any atom is 0.408 e. The summed E-state index contributed by atoms with van der Waals surface area (Å²) in [7, 11) is 1.95. The van der Waals surface area contributed by atoms with Crippen LogP contribution >= 0.6 is 0 Å². The minimum absolute atomic E-state index is 0.0323. The summed E-state index contributed by atoms with van der Waals surface area (Å²) in [6.07, 6.45) is -2.68. The van der Waals surface area contributed by atoms with Gasteiger partial charge < -0.3 is 29.7 Å². The molecule has 1 unspecified atom stereocenters. The number of amides is 3. The van der Waals surface area contributed by atoms with Crippen molar-refractivity contribution in [2.45, 2.75) is 69.7 Å². The van der Waals surface area contributed by atoms with Crippen LogP contribution in [-0.2, 0) is 37.0 Å². The van der Waals surface area contributed by atoms with E-state index in [1.165, 1.54) is 0 Å². The summed E-state index contributed by atoms with van der Waals surface area (Å²) in [6, 6.07) is 31.9. The molecule has 0 bridgehead atoms. The summed E-state index contributed by atoms with van der Waals surface area (Å²) in [5.74, 6) is -1.02. The first-order valence-corrected chi connectivity index (χ1v) is 17.1. The third kappa shape index (κ3) is 8.70. The maximum atomic E-state index is 13.4. The van der Waals surface area contributed by atoms with Crippen molar-refractivity contribution < 1.29 is 38.8 Å². The highest BCUT2D eigenvalue weighted by Crippen LogP contribution is 2.39. The number of anilines is 1. The van der Waals surface area contributed by atoms with Gasteiger partial charge in [0.15, 0.2) is 6.29 Å². The molecule has 0 saturated carbocycles. The summed E-state index contributed by atoms with van der Waals surface area (Å²) in [5, 5.41) is 23.2. The number of hydrogen-bond donors (Lipinski definition) is 3. The molecule has 51 heavy (non-hydrogen) atoms. The number of ether oxygens (including phenoxy) is 3. The van der Waals surface area contributed by atoms with E-state index < -0.39 is 36.3 Å². The fraction of sp³-hybridized carbons (Fsp3) is 0.325. The molecule has 266 valence electrons. The number of hydrogen-bond acceptors (Lipinski definition) is 9. The SMILES string of the molecule is C[C@@H]([C@H](O)c1ccccc1)N(C)C[C@H]1C[C@@H](c2ccc(CO)cc2)O[C@@H](c2cccc(N3C(=O)CC(NC(=O)OCc4ccccc4)C3=O)c2)O1. The van der Waals surface area contributed by atoms with Crippen LogP contribution in [0.15, 0.2) is 109 Å². The van der Waals surface area contributed by atoms with Crippen LogP contribution in [0.4, 0.5) is 10.5 Å². The number of aliphatic hydroxyl groups excluding tert-OH is 2. The molecule has 0 aromatic heterocycles. The van der Waals surface area contributed by atoms with Crippen molar-refractivity contribution in [3.63, 3.8) is 0 Å². The number of carbonyl (C=O) groups excluding carboxylic acids is 3. The number of likely N-dealkylation sites (N-methyl/N-ethyl adjacent to an activating group) is 1. The average Bonchev–Trinajstić information content (AvgIpc) is 3.45. The van der Waals surface area contributed by atoms with E-state index in [4.69, 9.17) is 14.2 Å². The van der Waals surface area contributed by atoms with Gasteiger partial charge in [0.05, 0.1) is 37.0 Å². The van der Waals surface area contributed by atoms with Crippen molar-refractivity contribution in [1.29, 1.82) is 0 Å². The fourth-order valence-corrected chi connectivity index (χ4v) is 6.42. The number of benzene rings is 4. The lowest BCUT2D eigenvalue weighted by molar-refractivity contribution is -0.253. The quantitative estimate of drug-likeness (QED) is 0.168. The summed E-state index contributed by atoms with van der Waals surface area (Å²) in [5.41, 5.74) is 4.26. The third-order valence-corrected chi connectivity index (χ3v) is 9.45. The van der Waals surface area contributed by atoms with Gasteiger partial charge in [0.1, 0.15) is 12.6 Å². The number of aliphatic hydroxyl groups is 2. The molecule has 0 radical (unpaired) electrons. The van der Waals surface area contributed by atoms with Gasteiger partial charge in [-0.05, 0) is 48.4 Å². The fourth-order valence-electron chi connectivity index (χ4n) is 6.42. The summed E-state index contributed by atoms with van der Waals surface area (Å²) >= 11 is 0. The Bertz CT molecular complexity index is 1790. The first-order chi connectivity index (χ1) is 24.7. The van der Waals surface area contributed by atoms with E-state index in [9.17, 15) is 24.6 Å². The van der Waals surface area contributed by atoms with Gasteiger partial charge in [0.2, 0.25) is 5.91 Å². The molecule has 0 spiro atoms. The molecule has 0 aliphatic carbocycles. The van der Waals surface area contributed by atoms with Crippen molar-refractivity contribution in [3.8, 4) is 0 Å². The Labute approximate surface area is 297 Å². The van der Waals surface area contributed by atoms with Crippen LogP contribution in [0.25, 0.3) is 0 Å². The maximum absolute atomic E-state index is 13.4. The van der Waals surface area contributed by atoms with Crippen LogP contribution < -0.4 is 10.2 Å². The molecule has 2 aliphatic heterocycles. The van der Waals surface area contributed by atoms with E-state index in [0.717, 1.165) is 27.2 Å². The van der Waals surface area contributed by atoms with Crippen molar-refractivity contribution in [2.24, 2.45) is 0 Å². The van der Waals surface area contributed by atoms with Crippen molar-refractivity contribution >= 4 is 23.6 Å². The van der Waals surface area contributed by atoms with Gasteiger partial charge in [-0.1, -0.05) is 97.1 Å². The van der Waals surface area contributed by atoms with Gasteiger partial charge in [-0.25, -0.2) is 9.69 Å². The Morgan fingerprint density at radius 2 is 1.63 bits per heavy atom. The monoisotopic (exact) mass is 693 g/mol. The molecule has 11 heteroatoms. The lowest BCUT2D eigenvalue weighted by Gasteiger charge is -2.39. The highest BCUT2D eigenvalue weighted by molar-refractivity contribution is 6.22. The number of imide groups is 1. The zero-order valence-electron chi connectivity index (χ0n) is 28.6. The number of carbonyl (C=O) groups is 3. The number of alkyl carbamates (subject to hydrolysis) is 1. The highest BCUT2D eigenvalue weighted by atomic mass is 16.7. The summed E-state index contributed by atoms with van der Waals surface area (Å²) in [6.45, 7) is 2.42. The molecule has 2 fully saturated rings. The summed E-state index contributed by atoms with van der Waals surface area (Å²) < 4.78 is 18.3. The molecule has 2 aliphatic rings. The van der Waals surface area contributed by atoms with E-state index in [2.05, 4.69) is 10.2 Å². The minimum Gasteiger partial charge on any atom is -0.445 e. The van der Waals surface area contributed by atoms with Gasteiger partial charge >= 0.3 is 6.09 Å². The normalized spacial score (nSPS) is 21.8. The molecule has 11 nitrogen and oxygen atoms in total. The van der Waals surface area contributed by atoms with E-state index >= 15 is 0 Å². The predicted octanol–water partition coefficient (Wildman–Crippen LogP) is 5.34. The molecular weight excluding hydrogens is 650 g/mol. The van der Waals surface area contributed by atoms with Crippen molar-refractivity contribution in [1.82, 2.24) is 10.2 Å². The molecule has 2 heterocycles. The Morgan fingerprint density at radius 3 is 2.33 bits per heavy atom. The zero-order valence-corrected chi connectivity index (χ0v) is 28.6. The molecule has 3 N–H and O–H groups in total. The lowest BCUT2D eigenvalue weighted by Crippen LogP contribution is -2.43. The topological polar surface area (TPSA) is 138 Å². The second-order valence-corrected chi connectivity index (χ2v) is 13.0. The minimum atomic E-state index is -1.06. The highest BCUT2D eigenvalue weighted by Gasteiger charge is 2.41. The number of nitrogens with zero attached hydrogens (tertiary/aromatic N) is 2. The summed E-state index contributed by atoms with van der Waals surface area (Å²) in [4.78, 5) is 42.2. The predicted molar refractivity (Wildman–Crippen MR) is 189 cm³/mol. The second-order valence-electron chi connectivity index (χ2n) is 13.0. The van der Waals surface area contributed by atoms with Crippen LogP contribution in [0.5, 0.6) is 0 Å². The Morgan fingerprint density at radius 1 is 0.922 bits per heavy atom. The lowest BCUT2D eigenvalue weighted by atomic mass is 9.98. The Kier molecular flexibility index (Phi) is 11.5. The molecule has 3 amide bonds. The van der Waals surface area contributed by atoms with Crippen LogP contribution in [0.3, 0.4) is 0 Å². The average molecular weight is 694 g/mol. The van der Waals surface area contributed by atoms with Crippen LogP contribution in [-0.4, -0.2) is 64.8 Å². The van der Waals surface area contributed by atoms with Crippen molar-refractivity contribution in [3.05, 3.63) is 137 Å². The number of nitrogens with one attached hydrogen (secondary N) is 1. The molecule has 6 atom stereocenters. The smallest absolute Gasteiger partial charge is 0.408 e. The van der Waals surface area contributed by atoms with Gasteiger partial charge in [-0.15, -0.1) is 0 Å². The van der Waals surface area contributed by atoms with Crippen molar-refractivity contribution in [2.75, 3.05) is 18.5 Å². The van der Waals surface area contributed by atoms with Crippen LogP contribution in [0.2, 0.25) is 0 Å². The Hall–Kier alpha value is -4.91. The van der Waals surface area contributed by atoms with Gasteiger partial charge in [0, 0.05) is 24.6 Å². The molecule has 2 saturated heterocycles. The molecule has 4 aromatic carbocycles. The van der Waals surface area contributed by atoms with Crippen LogP contribution in [0, 0.1) is 0 Å². The van der Waals surface area contributed by atoms with E-state index in [-0.39, 0.29) is 37.9 Å². The zero-order chi connectivity index (χ0) is 35.9.